The first-order chi connectivity index (χ1) is 3.91. The summed E-state index contributed by atoms with van der Waals surface area (Å²) in [7, 11) is 0. The molecule has 0 amide bonds. The molecule has 0 bridgehead atoms. The van der Waals surface area contributed by atoms with Crippen molar-refractivity contribution in [3.05, 3.63) is 0 Å². The van der Waals surface area contributed by atoms with Crippen LogP contribution in [0.4, 0.5) is 0 Å². The second-order valence-electron chi connectivity index (χ2n) is 1.56. The third-order valence-electron chi connectivity index (χ3n) is 0.809. The molecule has 0 saturated carbocycles. The monoisotopic (exact) mass is 129 g/mol. The highest BCUT2D eigenvalue weighted by molar-refractivity contribution is 7.99. The quantitative estimate of drug-likeness (QED) is 0.542. The van der Waals surface area contributed by atoms with Gasteiger partial charge in [-0.05, 0) is 12.2 Å². The average molecular weight is 129 g/mol. The van der Waals surface area contributed by atoms with E-state index in [1.165, 1.54) is 12.8 Å². The summed E-state index contributed by atoms with van der Waals surface area (Å²) in [6, 6.07) is 2.09. The zero-order valence-corrected chi connectivity index (χ0v) is 6.00. The van der Waals surface area contributed by atoms with Gasteiger partial charge < -0.3 is 0 Å². The second-order valence-corrected chi connectivity index (χ2v) is 2.67. The Morgan fingerprint density at radius 2 is 2.38 bits per heavy atom. The highest BCUT2D eigenvalue weighted by atomic mass is 32.2. The summed E-state index contributed by atoms with van der Waals surface area (Å²) < 4.78 is 0. The fourth-order valence-electron chi connectivity index (χ4n) is 0.364. The Labute approximate surface area is 55.1 Å². The summed E-state index contributed by atoms with van der Waals surface area (Å²) in [5, 5.41) is 8.09. The highest BCUT2D eigenvalue weighted by Crippen LogP contribution is 2.01. The Balaban J connectivity index is 2.65. The second kappa shape index (κ2) is 6.84. The van der Waals surface area contributed by atoms with Crippen LogP contribution in [0.25, 0.3) is 0 Å². The smallest absolute Gasteiger partial charge is 0.0808 e. The van der Waals surface area contributed by atoms with Gasteiger partial charge in [-0.15, -0.1) is 11.8 Å². The molecule has 0 aromatic heterocycles. The maximum Gasteiger partial charge on any atom is 0.0808 e. The number of unbranched alkanes of at least 4 members (excludes halogenated alkanes) is 1. The normalized spacial score (nSPS) is 8.50. The molecule has 0 aliphatic carbocycles. The minimum absolute atomic E-state index is 0.653. The zero-order valence-electron chi connectivity index (χ0n) is 5.18. The molecule has 0 atom stereocenters. The lowest BCUT2D eigenvalue weighted by Crippen LogP contribution is -1.77. The minimum Gasteiger partial charge on any atom is -0.197 e. The number of thioether (sulfide) groups is 1. The molecule has 0 saturated heterocycles. The lowest BCUT2D eigenvalue weighted by atomic mass is 10.4. The van der Waals surface area contributed by atoms with Crippen LogP contribution < -0.4 is 0 Å². The molecule has 0 aromatic carbocycles. The lowest BCUT2D eigenvalue weighted by Gasteiger charge is -1.89. The van der Waals surface area contributed by atoms with E-state index in [1.54, 1.807) is 11.8 Å². The van der Waals surface area contributed by atoms with E-state index in [0.717, 1.165) is 5.75 Å². The molecule has 0 aliphatic rings. The Morgan fingerprint density at radius 3 is 2.88 bits per heavy atom. The molecule has 0 aliphatic heterocycles. The first-order valence-electron chi connectivity index (χ1n) is 2.86. The van der Waals surface area contributed by atoms with Crippen LogP contribution in [0.15, 0.2) is 0 Å². The number of hydrogen-bond acceptors (Lipinski definition) is 2. The number of hydrogen-bond donors (Lipinski definition) is 0. The van der Waals surface area contributed by atoms with Gasteiger partial charge in [-0.1, -0.05) is 13.3 Å². The third kappa shape index (κ3) is 5.84. The van der Waals surface area contributed by atoms with Gasteiger partial charge in [-0.25, -0.2) is 0 Å². The Hall–Kier alpha value is -0.160. The van der Waals surface area contributed by atoms with Crippen molar-refractivity contribution in [2.75, 3.05) is 11.5 Å². The molecule has 0 unspecified atom stereocenters. The Morgan fingerprint density at radius 1 is 1.62 bits per heavy atom. The summed E-state index contributed by atoms with van der Waals surface area (Å²) in [4.78, 5) is 0. The van der Waals surface area contributed by atoms with Crippen LogP contribution in [0.3, 0.4) is 0 Å². The van der Waals surface area contributed by atoms with Gasteiger partial charge in [0.15, 0.2) is 0 Å². The summed E-state index contributed by atoms with van der Waals surface area (Å²) in [6.07, 6.45) is 2.48. The molecule has 1 nitrogen and oxygen atoms in total. The van der Waals surface area contributed by atoms with Gasteiger partial charge in [0, 0.05) is 0 Å². The molecular formula is C6H11NS. The fraction of sp³-hybridized carbons (Fsp3) is 0.833. The average Bonchev–Trinajstić information content (AvgIpc) is 1.81. The summed E-state index contributed by atoms with van der Waals surface area (Å²) in [5.74, 6) is 1.80. The van der Waals surface area contributed by atoms with E-state index in [2.05, 4.69) is 13.0 Å². The largest absolute Gasteiger partial charge is 0.197 e. The number of nitrogens with zero attached hydrogens (tertiary/aromatic N) is 1. The van der Waals surface area contributed by atoms with E-state index in [4.69, 9.17) is 5.26 Å². The molecule has 0 rings (SSSR count). The summed E-state index contributed by atoms with van der Waals surface area (Å²) in [6.45, 7) is 2.16. The van der Waals surface area contributed by atoms with Crippen LogP contribution >= 0.6 is 11.8 Å². The van der Waals surface area contributed by atoms with E-state index in [9.17, 15) is 0 Å². The van der Waals surface area contributed by atoms with Crippen molar-refractivity contribution < 1.29 is 0 Å². The molecule has 46 valence electrons. The topological polar surface area (TPSA) is 23.8 Å². The van der Waals surface area contributed by atoms with E-state index in [1.807, 2.05) is 0 Å². The molecular weight excluding hydrogens is 118 g/mol. The Kier molecular flexibility index (Phi) is 6.70. The molecule has 8 heavy (non-hydrogen) atoms. The maximum atomic E-state index is 8.09. The van der Waals surface area contributed by atoms with Crippen LogP contribution in [-0.4, -0.2) is 11.5 Å². The zero-order chi connectivity index (χ0) is 6.24. The first kappa shape index (κ1) is 7.84. The number of rotatable bonds is 4. The fourth-order valence-corrected chi connectivity index (χ4v) is 1.09. The minimum atomic E-state index is 0.653. The van der Waals surface area contributed by atoms with Crippen molar-refractivity contribution >= 4 is 11.8 Å². The van der Waals surface area contributed by atoms with Gasteiger partial charge in [0.2, 0.25) is 0 Å². The molecule has 0 spiro atoms. The van der Waals surface area contributed by atoms with Gasteiger partial charge in [0.05, 0.1) is 11.8 Å². The molecule has 2 heteroatoms. The molecule has 0 radical (unpaired) electrons. The van der Waals surface area contributed by atoms with Gasteiger partial charge >= 0.3 is 0 Å². The van der Waals surface area contributed by atoms with Crippen molar-refractivity contribution in [3.63, 3.8) is 0 Å². The number of nitriles is 1. The van der Waals surface area contributed by atoms with Crippen LogP contribution in [-0.2, 0) is 0 Å². The lowest BCUT2D eigenvalue weighted by molar-refractivity contribution is 0.897. The molecule has 0 fully saturated rings. The van der Waals surface area contributed by atoms with Crippen LogP contribution in [0.1, 0.15) is 19.8 Å². The third-order valence-corrected chi connectivity index (χ3v) is 1.72. The van der Waals surface area contributed by atoms with E-state index < -0.39 is 0 Å². The van der Waals surface area contributed by atoms with Gasteiger partial charge in [-0.3, -0.25) is 0 Å². The van der Waals surface area contributed by atoms with Crippen molar-refractivity contribution in [1.82, 2.24) is 0 Å². The summed E-state index contributed by atoms with van der Waals surface area (Å²) >= 11 is 1.72. The van der Waals surface area contributed by atoms with Gasteiger partial charge in [-0.2, -0.15) is 5.26 Å². The van der Waals surface area contributed by atoms with Crippen LogP contribution in [0.2, 0.25) is 0 Å². The maximum absolute atomic E-state index is 8.09. The van der Waals surface area contributed by atoms with Crippen molar-refractivity contribution in [2.24, 2.45) is 0 Å². The Bertz CT molecular complexity index is 75.1. The first-order valence-corrected chi connectivity index (χ1v) is 4.02. The van der Waals surface area contributed by atoms with E-state index in [0.29, 0.717) is 5.75 Å². The van der Waals surface area contributed by atoms with Gasteiger partial charge in [0.25, 0.3) is 0 Å². The van der Waals surface area contributed by atoms with Crippen molar-refractivity contribution in [1.29, 1.82) is 5.26 Å². The predicted molar refractivity (Wildman–Crippen MR) is 37.8 cm³/mol. The van der Waals surface area contributed by atoms with Gasteiger partial charge in [0.1, 0.15) is 0 Å². The SMILES string of the molecule is CCCCSCC#N. The predicted octanol–water partition coefficient (Wildman–Crippen LogP) is 2.04. The van der Waals surface area contributed by atoms with Crippen LogP contribution in [0.5, 0.6) is 0 Å². The van der Waals surface area contributed by atoms with Crippen LogP contribution in [0, 0.1) is 11.3 Å². The van der Waals surface area contributed by atoms with E-state index in [-0.39, 0.29) is 0 Å². The molecule has 0 aromatic rings. The molecule has 0 N–H and O–H groups in total. The highest BCUT2D eigenvalue weighted by Gasteiger charge is 1.83. The summed E-state index contributed by atoms with van der Waals surface area (Å²) in [5.41, 5.74) is 0. The van der Waals surface area contributed by atoms with Crippen molar-refractivity contribution in [3.8, 4) is 6.07 Å². The van der Waals surface area contributed by atoms with E-state index >= 15 is 0 Å². The van der Waals surface area contributed by atoms with Crippen molar-refractivity contribution in [2.45, 2.75) is 19.8 Å². The standard InChI is InChI=1S/C6H11NS/c1-2-3-5-8-6-4-7/h2-3,5-6H2,1H3. The molecule has 0 heterocycles.